The molecule has 118 valence electrons. The number of para-hydroxylation sites is 1. The molecule has 0 spiro atoms. The highest BCUT2D eigenvalue weighted by atomic mass is 79.9. The van der Waals surface area contributed by atoms with Crippen LogP contribution in [0.1, 0.15) is 17.4 Å². The number of aliphatic hydroxyl groups excluding tert-OH is 1. The van der Waals surface area contributed by atoms with Gasteiger partial charge in [-0.05, 0) is 33.6 Å². The first kappa shape index (κ1) is 14.9. The second-order valence-corrected chi connectivity index (χ2v) is 7.29. The standard InChI is InChI=1S/C16H14BrN3O2S/c17-11-5-14(23-9-11)16-18-15(22-19-16)7-20-6-10(8-21)12-3-1-2-4-13(12)20/h1-5,9-10,21H,6-8H2. The van der Waals surface area contributed by atoms with Crippen LogP contribution >= 0.6 is 27.3 Å². The molecule has 23 heavy (non-hydrogen) atoms. The van der Waals surface area contributed by atoms with Crippen LogP contribution in [0.5, 0.6) is 0 Å². The van der Waals surface area contributed by atoms with Crippen LogP contribution in [0.2, 0.25) is 0 Å². The lowest BCUT2D eigenvalue weighted by Crippen LogP contribution is -2.22. The monoisotopic (exact) mass is 391 g/mol. The third kappa shape index (κ3) is 2.80. The molecular formula is C16H14BrN3O2S. The van der Waals surface area contributed by atoms with E-state index in [0.29, 0.717) is 18.3 Å². The number of thiophene rings is 1. The van der Waals surface area contributed by atoms with Gasteiger partial charge in [-0.2, -0.15) is 4.98 Å². The first-order valence-corrected chi connectivity index (χ1v) is 8.93. The van der Waals surface area contributed by atoms with Crippen molar-refractivity contribution in [3.63, 3.8) is 0 Å². The van der Waals surface area contributed by atoms with E-state index in [-0.39, 0.29) is 12.5 Å². The molecule has 1 aliphatic rings. The first-order valence-electron chi connectivity index (χ1n) is 7.26. The lowest BCUT2D eigenvalue weighted by atomic mass is 10.0. The lowest BCUT2D eigenvalue weighted by Gasteiger charge is -2.17. The van der Waals surface area contributed by atoms with Crippen molar-refractivity contribution < 1.29 is 9.63 Å². The van der Waals surface area contributed by atoms with Gasteiger partial charge in [0.25, 0.3) is 0 Å². The van der Waals surface area contributed by atoms with E-state index in [2.05, 4.69) is 43.1 Å². The van der Waals surface area contributed by atoms with Crippen molar-refractivity contribution in [3.05, 3.63) is 51.6 Å². The van der Waals surface area contributed by atoms with E-state index in [4.69, 9.17) is 4.52 Å². The van der Waals surface area contributed by atoms with Crippen LogP contribution in [0.25, 0.3) is 10.7 Å². The van der Waals surface area contributed by atoms with Crippen LogP contribution in [0.3, 0.4) is 0 Å². The molecule has 3 aromatic rings. The third-order valence-corrected chi connectivity index (χ3v) is 5.65. The number of aromatic nitrogens is 2. The van der Waals surface area contributed by atoms with Crippen LogP contribution in [-0.2, 0) is 6.54 Å². The molecule has 5 nitrogen and oxygen atoms in total. The van der Waals surface area contributed by atoms with Crippen molar-refractivity contribution >= 4 is 33.0 Å². The van der Waals surface area contributed by atoms with Gasteiger partial charge in [-0.1, -0.05) is 23.4 Å². The average molecular weight is 392 g/mol. The molecule has 0 saturated carbocycles. The molecule has 1 unspecified atom stereocenters. The highest BCUT2D eigenvalue weighted by Crippen LogP contribution is 2.36. The third-order valence-electron chi connectivity index (χ3n) is 3.96. The molecule has 4 rings (SSSR count). The van der Waals surface area contributed by atoms with Gasteiger partial charge in [-0.3, -0.25) is 0 Å². The molecule has 1 aliphatic heterocycles. The van der Waals surface area contributed by atoms with Crippen LogP contribution in [0, 0.1) is 0 Å². The number of fused-ring (bicyclic) bond motifs is 1. The van der Waals surface area contributed by atoms with Crippen LogP contribution < -0.4 is 4.90 Å². The van der Waals surface area contributed by atoms with Crippen molar-refractivity contribution in [2.75, 3.05) is 18.1 Å². The van der Waals surface area contributed by atoms with Crippen molar-refractivity contribution in [1.82, 2.24) is 10.1 Å². The summed E-state index contributed by atoms with van der Waals surface area (Å²) in [5, 5.41) is 15.6. The summed E-state index contributed by atoms with van der Waals surface area (Å²) >= 11 is 5.00. The Balaban J connectivity index is 1.56. The minimum Gasteiger partial charge on any atom is -0.396 e. The number of hydrogen-bond donors (Lipinski definition) is 1. The van der Waals surface area contributed by atoms with E-state index in [9.17, 15) is 5.11 Å². The van der Waals surface area contributed by atoms with Gasteiger partial charge in [0.15, 0.2) is 0 Å². The molecule has 0 amide bonds. The molecule has 0 saturated heterocycles. The fraction of sp³-hybridized carbons (Fsp3) is 0.250. The number of anilines is 1. The van der Waals surface area contributed by atoms with Gasteiger partial charge < -0.3 is 14.5 Å². The van der Waals surface area contributed by atoms with Crippen molar-refractivity contribution in [3.8, 4) is 10.7 Å². The molecule has 2 aromatic heterocycles. The fourth-order valence-corrected chi connectivity index (χ4v) is 4.25. The molecule has 0 aliphatic carbocycles. The van der Waals surface area contributed by atoms with E-state index in [0.717, 1.165) is 21.6 Å². The zero-order chi connectivity index (χ0) is 15.8. The normalized spacial score (nSPS) is 16.8. The maximum Gasteiger partial charge on any atom is 0.246 e. The first-order chi connectivity index (χ1) is 11.2. The zero-order valence-electron chi connectivity index (χ0n) is 12.1. The Kier molecular flexibility index (Phi) is 3.92. The van der Waals surface area contributed by atoms with Gasteiger partial charge in [-0.15, -0.1) is 11.3 Å². The van der Waals surface area contributed by atoms with Gasteiger partial charge >= 0.3 is 0 Å². The maximum absolute atomic E-state index is 9.57. The summed E-state index contributed by atoms with van der Waals surface area (Å²) in [6, 6.07) is 10.1. The molecule has 3 heterocycles. The summed E-state index contributed by atoms with van der Waals surface area (Å²) in [6.45, 7) is 1.46. The Bertz CT molecular complexity index is 832. The SMILES string of the molecule is OCC1CN(Cc2nc(-c3cc(Br)cs3)no2)c2ccccc21. The van der Waals surface area contributed by atoms with Gasteiger partial charge in [0.2, 0.25) is 11.7 Å². The Morgan fingerprint density at radius 3 is 3.04 bits per heavy atom. The molecule has 1 atom stereocenters. The van der Waals surface area contributed by atoms with Crippen LogP contribution in [0.15, 0.2) is 44.7 Å². The second kappa shape index (κ2) is 6.07. The molecule has 1 N–H and O–H groups in total. The van der Waals surface area contributed by atoms with E-state index in [1.165, 1.54) is 5.56 Å². The van der Waals surface area contributed by atoms with E-state index < -0.39 is 0 Å². The summed E-state index contributed by atoms with van der Waals surface area (Å²) < 4.78 is 6.42. The number of rotatable bonds is 4. The van der Waals surface area contributed by atoms with Gasteiger partial charge in [0, 0.05) is 28.0 Å². The predicted molar refractivity (Wildman–Crippen MR) is 92.6 cm³/mol. The van der Waals surface area contributed by atoms with Crippen molar-refractivity contribution in [1.29, 1.82) is 0 Å². The number of aliphatic hydroxyl groups is 1. The summed E-state index contributed by atoms with van der Waals surface area (Å²) in [6.07, 6.45) is 0. The Hall–Kier alpha value is -1.70. The molecule has 7 heteroatoms. The zero-order valence-corrected chi connectivity index (χ0v) is 14.5. The van der Waals surface area contributed by atoms with E-state index >= 15 is 0 Å². The van der Waals surface area contributed by atoms with Gasteiger partial charge in [0.1, 0.15) is 0 Å². The van der Waals surface area contributed by atoms with E-state index in [1.54, 1.807) is 11.3 Å². The highest BCUT2D eigenvalue weighted by molar-refractivity contribution is 9.10. The topological polar surface area (TPSA) is 62.4 Å². The Labute approximate surface area is 145 Å². The maximum atomic E-state index is 9.57. The van der Waals surface area contributed by atoms with Crippen molar-refractivity contribution in [2.24, 2.45) is 0 Å². The van der Waals surface area contributed by atoms with E-state index in [1.807, 2.05) is 23.6 Å². The highest BCUT2D eigenvalue weighted by Gasteiger charge is 2.28. The predicted octanol–water partition coefficient (Wildman–Crippen LogP) is 3.66. The number of benzene rings is 1. The van der Waals surface area contributed by atoms with Crippen molar-refractivity contribution in [2.45, 2.75) is 12.5 Å². The average Bonchev–Trinajstić information content (AvgIpc) is 3.27. The largest absolute Gasteiger partial charge is 0.396 e. The molecule has 0 fully saturated rings. The quantitative estimate of drug-likeness (QED) is 0.735. The minimum atomic E-state index is 0.141. The summed E-state index contributed by atoms with van der Waals surface area (Å²) in [7, 11) is 0. The Morgan fingerprint density at radius 2 is 2.26 bits per heavy atom. The molecule has 0 bridgehead atoms. The van der Waals surface area contributed by atoms with Gasteiger partial charge in [0.05, 0.1) is 18.0 Å². The smallest absolute Gasteiger partial charge is 0.246 e. The van der Waals surface area contributed by atoms with Crippen LogP contribution in [0.4, 0.5) is 5.69 Å². The van der Waals surface area contributed by atoms with Crippen LogP contribution in [-0.4, -0.2) is 28.4 Å². The summed E-state index contributed by atoms with van der Waals surface area (Å²) in [4.78, 5) is 7.64. The Morgan fingerprint density at radius 1 is 1.39 bits per heavy atom. The summed E-state index contributed by atoms with van der Waals surface area (Å²) in [5.41, 5.74) is 2.31. The minimum absolute atomic E-state index is 0.141. The molecular weight excluding hydrogens is 378 g/mol. The summed E-state index contributed by atoms with van der Waals surface area (Å²) in [5.74, 6) is 1.33. The second-order valence-electron chi connectivity index (χ2n) is 5.46. The molecule has 1 aromatic carbocycles. The lowest BCUT2D eigenvalue weighted by molar-refractivity contribution is 0.270. The fourth-order valence-electron chi connectivity index (χ4n) is 2.90. The number of hydrogen-bond acceptors (Lipinski definition) is 6. The number of nitrogens with zero attached hydrogens (tertiary/aromatic N) is 3. The number of halogens is 1. The molecule has 0 radical (unpaired) electrons. The van der Waals surface area contributed by atoms with Gasteiger partial charge in [-0.25, -0.2) is 0 Å².